The van der Waals surface area contributed by atoms with E-state index in [0.29, 0.717) is 35.1 Å². The zero-order valence-corrected chi connectivity index (χ0v) is 20.8. The molecular weight excluding hydrogens is 452 g/mol. The Bertz CT molecular complexity index is 1190. The summed E-state index contributed by atoms with van der Waals surface area (Å²) in [6.07, 6.45) is 1.75. The number of oxazole rings is 1. The van der Waals surface area contributed by atoms with E-state index in [2.05, 4.69) is 22.0 Å². The topological polar surface area (TPSA) is 89.7 Å². The van der Waals surface area contributed by atoms with Gasteiger partial charge in [-0.1, -0.05) is 36.4 Å². The second-order valence-electron chi connectivity index (χ2n) is 8.51. The van der Waals surface area contributed by atoms with E-state index in [1.807, 2.05) is 37.4 Å². The first kappa shape index (κ1) is 25.6. The van der Waals surface area contributed by atoms with Gasteiger partial charge in [0.15, 0.2) is 9.84 Å². The maximum absolute atomic E-state index is 12.6. The van der Waals surface area contributed by atoms with Gasteiger partial charge in [-0.25, -0.2) is 13.4 Å². The summed E-state index contributed by atoms with van der Waals surface area (Å²) < 4.78 is 36.1. The number of hydrogen-bond acceptors (Lipinski definition) is 7. The van der Waals surface area contributed by atoms with E-state index in [-0.39, 0.29) is 18.0 Å². The first-order chi connectivity index (χ1) is 16.3. The molecule has 3 aromatic rings. The van der Waals surface area contributed by atoms with Gasteiger partial charge in [-0.2, -0.15) is 0 Å². The monoisotopic (exact) mass is 484 g/mol. The van der Waals surface area contributed by atoms with Crippen molar-refractivity contribution in [2.45, 2.75) is 38.5 Å². The number of ether oxygens (including phenoxy) is 1. The standard InChI is InChI=1S/C26H32N2O5S/c1-20-25(27-26(33-20)22-12-9-14-24(16-22)32-3)19-34(30,31)18-23(29)13-7-8-15-28(2)17-21-10-5-4-6-11-21/h4-6,9-12,14,16H,7-8,13,15,17-19H2,1-3H3. The molecule has 0 N–H and O–H groups in total. The third kappa shape index (κ3) is 7.81. The molecule has 2 aromatic carbocycles. The molecule has 0 aliphatic heterocycles. The minimum absolute atomic E-state index is 0.255. The Morgan fingerprint density at radius 2 is 1.85 bits per heavy atom. The van der Waals surface area contributed by atoms with Gasteiger partial charge in [-0.15, -0.1) is 0 Å². The molecule has 0 aliphatic rings. The average Bonchev–Trinajstić information content (AvgIpc) is 3.16. The van der Waals surface area contributed by atoms with Crippen molar-refractivity contribution in [2.75, 3.05) is 26.5 Å². The molecule has 0 spiro atoms. The maximum atomic E-state index is 12.6. The molecule has 1 aromatic heterocycles. The van der Waals surface area contributed by atoms with E-state index >= 15 is 0 Å². The predicted octanol–water partition coefficient (Wildman–Crippen LogP) is 4.44. The van der Waals surface area contributed by atoms with Crippen LogP contribution in [0.5, 0.6) is 5.75 Å². The Morgan fingerprint density at radius 1 is 1.09 bits per heavy atom. The number of methoxy groups -OCH3 is 1. The van der Waals surface area contributed by atoms with Crippen LogP contribution in [0.25, 0.3) is 11.5 Å². The number of aryl methyl sites for hydroxylation is 1. The van der Waals surface area contributed by atoms with Crippen LogP contribution in [0.4, 0.5) is 0 Å². The summed E-state index contributed by atoms with van der Waals surface area (Å²) in [5.41, 5.74) is 2.26. The van der Waals surface area contributed by atoms with Crippen LogP contribution in [-0.2, 0) is 26.9 Å². The molecule has 0 radical (unpaired) electrons. The SMILES string of the molecule is COc1cccc(-c2nc(CS(=O)(=O)CC(=O)CCCCN(C)Cc3ccccc3)c(C)o2)c1. The van der Waals surface area contributed by atoms with Gasteiger partial charge < -0.3 is 14.1 Å². The summed E-state index contributed by atoms with van der Waals surface area (Å²) >= 11 is 0. The van der Waals surface area contributed by atoms with Gasteiger partial charge in [0.25, 0.3) is 0 Å². The number of sulfone groups is 1. The normalized spacial score (nSPS) is 11.6. The van der Waals surface area contributed by atoms with Gasteiger partial charge in [0.1, 0.15) is 23.0 Å². The second kappa shape index (κ2) is 11.9. The molecular formula is C26H32N2O5S. The first-order valence-corrected chi connectivity index (χ1v) is 13.1. The Hall–Kier alpha value is -2.97. The Balaban J connectivity index is 1.46. The number of benzene rings is 2. The second-order valence-corrected chi connectivity index (χ2v) is 10.6. The molecule has 8 heteroatoms. The Labute approximate surface area is 201 Å². The summed E-state index contributed by atoms with van der Waals surface area (Å²) in [4.78, 5) is 18.9. The molecule has 0 unspecified atom stereocenters. The minimum Gasteiger partial charge on any atom is -0.497 e. The highest BCUT2D eigenvalue weighted by Crippen LogP contribution is 2.26. The molecule has 3 rings (SSSR count). The van der Waals surface area contributed by atoms with Gasteiger partial charge in [0.2, 0.25) is 5.89 Å². The summed E-state index contributed by atoms with van der Waals surface area (Å²) in [5.74, 6) is 0.341. The largest absolute Gasteiger partial charge is 0.497 e. The van der Waals surface area contributed by atoms with E-state index < -0.39 is 15.6 Å². The summed E-state index contributed by atoms with van der Waals surface area (Å²) in [6.45, 7) is 3.37. The van der Waals surface area contributed by atoms with Gasteiger partial charge in [0, 0.05) is 18.5 Å². The van der Waals surface area contributed by atoms with Crippen molar-refractivity contribution in [3.05, 3.63) is 71.6 Å². The van der Waals surface area contributed by atoms with Crippen LogP contribution in [0, 0.1) is 6.92 Å². The van der Waals surface area contributed by atoms with E-state index in [0.717, 1.165) is 19.5 Å². The number of hydrogen-bond donors (Lipinski definition) is 0. The van der Waals surface area contributed by atoms with Crippen LogP contribution >= 0.6 is 0 Å². The zero-order valence-electron chi connectivity index (χ0n) is 20.0. The number of Topliss-reactive ketones (excluding diaryl/α,β-unsaturated/α-hetero) is 1. The highest BCUT2D eigenvalue weighted by molar-refractivity contribution is 7.91. The summed E-state index contributed by atoms with van der Waals surface area (Å²) in [6, 6.07) is 17.4. The number of ketones is 1. The first-order valence-electron chi connectivity index (χ1n) is 11.3. The van der Waals surface area contributed by atoms with Crippen molar-refractivity contribution in [1.29, 1.82) is 0 Å². The van der Waals surface area contributed by atoms with Crippen molar-refractivity contribution in [3.63, 3.8) is 0 Å². The van der Waals surface area contributed by atoms with E-state index in [9.17, 15) is 13.2 Å². The fourth-order valence-electron chi connectivity index (χ4n) is 3.70. The van der Waals surface area contributed by atoms with Crippen molar-refractivity contribution in [3.8, 4) is 17.2 Å². The smallest absolute Gasteiger partial charge is 0.226 e. The maximum Gasteiger partial charge on any atom is 0.226 e. The average molecular weight is 485 g/mol. The lowest BCUT2D eigenvalue weighted by molar-refractivity contribution is -0.116. The third-order valence-corrected chi connectivity index (χ3v) is 6.96. The van der Waals surface area contributed by atoms with E-state index in [4.69, 9.17) is 9.15 Å². The van der Waals surface area contributed by atoms with Crippen molar-refractivity contribution in [2.24, 2.45) is 0 Å². The number of carbonyl (C=O) groups excluding carboxylic acids is 1. The summed E-state index contributed by atoms with van der Waals surface area (Å²) in [7, 11) is -0.0310. The van der Waals surface area contributed by atoms with Crippen molar-refractivity contribution < 1.29 is 22.4 Å². The molecule has 0 atom stereocenters. The van der Waals surface area contributed by atoms with E-state index in [1.165, 1.54) is 5.56 Å². The van der Waals surface area contributed by atoms with Crippen molar-refractivity contribution >= 4 is 15.6 Å². The highest BCUT2D eigenvalue weighted by Gasteiger charge is 2.22. The fourth-order valence-corrected chi connectivity index (χ4v) is 5.12. The fraction of sp³-hybridized carbons (Fsp3) is 0.385. The van der Waals surface area contributed by atoms with Crippen LogP contribution in [0.1, 0.15) is 36.3 Å². The van der Waals surface area contributed by atoms with Gasteiger partial charge in [0.05, 0.1) is 18.6 Å². The molecule has 0 bridgehead atoms. The third-order valence-electron chi connectivity index (χ3n) is 5.49. The van der Waals surface area contributed by atoms with Crippen LogP contribution in [0.15, 0.2) is 59.0 Å². The predicted molar refractivity (Wildman–Crippen MR) is 132 cm³/mol. The lowest BCUT2D eigenvalue weighted by Gasteiger charge is -2.16. The molecule has 0 saturated carbocycles. The highest BCUT2D eigenvalue weighted by atomic mass is 32.2. The number of aromatic nitrogens is 1. The van der Waals surface area contributed by atoms with E-state index in [1.54, 1.807) is 26.2 Å². The number of nitrogens with zero attached hydrogens (tertiary/aromatic N) is 2. The Kier molecular flexibility index (Phi) is 9.01. The Morgan fingerprint density at radius 3 is 2.59 bits per heavy atom. The van der Waals surface area contributed by atoms with Gasteiger partial charge in [-0.3, -0.25) is 4.79 Å². The number of carbonyl (C=O) groups is 1. The lowest BCUT2D eigenvalue weighted by atomic mass is 10.1. The molecule has 34 heavy (non-hydrogen) atoms. The number of unbranched alkanes of at least 4 members (excludes halogenated alkanes) is 1. The molecule has 182 valence electrons. The molecule has 7 nitrogen and oxygen atoms in total. The van der Waals surface area contributed by atoms with Crippen LogP contribution in [-0.4, -0.2) is 50.5 Å². The van der Waals surface area contributed by atoms with Crippen LogP contribution in [0.2, 0.25) is 0 Å². The van der Waals surface area contributed by atoms with Crippen LogP contribution in [0.3, 0.4) is 0 Å². The minimum atomic E-state index is -3.64. The van der Waals surface area contributed by atoms with Crippen LogP contribution < -0.4 is 4.74 Å². The van der Waals surface area contributed by atoms with Gasteiger partial charge >= 0.3 is 0 Å². The van der Waals surface area contributed by atoms with Gasteiger partial charge in [-0.05, 0) is 57.1 Å². The lowest BCUT2D eigenvalue weighted by Crippen LogP contribution is -2.20. The molecule has 0 saturated heterocycles. The molecule has 0 fully saturated rings. The quantitative estimate of drug-likeness (QED) is 0.331. The molecule has 1 heterocycles. The molecule has 0 amide bonds. The zero-order chi connectivity index (χ0) is 24.6. The van der Waals surface area contributed by atoms with Crippen molar-refractivity contribution in [1.82, 2.24) is 9.88 Å². The number of rotatable bonds is 13. The molecule has 0 aliphatic carbocycles. The summed E-state index contributed by atoms with van der Waals surface area (Å²) in [5, 5.41) is 0.